The van der Waals surface area contributed by atoms with Crippen LogP contribution < -0.4 is 0 Å². The van der Waals surface area contributed by atoms with Crippen molar-refractivity contribution < 1.29 is 0 Å². The monoisotopic (exact) mass is 298 g/mol. The lowest BCUT2D eigenvalue weighted by Crippen LogP contribution is -2.39. The van der Waals surface area contributed by atoms with Crippen molar-refractivity contribution in [1.82, 2.24) is 19.7 Å². The van der Waals surface area contributed by atoms with Crippen molar-refractivity contribution in [2.24, 2.45) is 17.8 Å². The molecule has 0 spiro atoms. The van der Waals surface area contributed by atoms with Crippen LogP contribution in [0.2, 0.25) is 0 Å². The Morgan fingerprint density at radius 2 is 2.09 bits per heavy atom. The predicted molar refractivity (Wildman–Crippen MR) is 85.6 cm³/mol. The minimum atomic E-state index is 0.613. The third-order valence-electron chi connectivity index (χ3n) is 6.42. The van der Waals surface area contributed by atoms with E-state index in [2.05, 4.69) is 31.8 Å². The number of fused-ring (bicyclic) bond motifs is 3. The highest BCUT2D eigenvalue weighted by Crippen LogP contribution is 2.44. The van der Waals surface area contributed by atoms with Gasteiger partial charge >= 0.3 is 0 Å². The van der Waals surface area contributed by atoms with Crippen molar-refractivity contribution in [2.45, 2.75) is 51.0 Å². The number of likely N-dealkylation sites (tertiary alicyclic amines) is 1. The van der Waals surface area contributed by atoms with Crippen molar-refractivity contribution in [2.75, 3.05) is 19.6 Å². The van der Waals surface area contributed by atoms with Crippen molar-refractivity contribution in [3.63, 3.8) is 0 Å². The molecule has 2 unspecified atom stereocenters. The van der Waals surface area contributed by atoms with Crippen LogP contribution in [0, 0.1) is 17.8 Å². The molecule has 4 nitrogen and oxygen atoms in total. The molecule has 4 heteroatoms. The Hall–Kier alpha value is -1.16. The van der Waals surface area contributed by atoms with Crippen LogP contribution in [0.15, 0.2) is 12.2 Å². The van der Waals surface area contributed by atoms with E-state index in [9.17, 15) is 0 Å². The van der Waals surface area contributed by atoms with Crippen molar-refractivity contribution in [3.05, 3.63) is 23.8 Å². The maximum Gasteiger partial charge on any atom is 0.137 e. The van der Waals surface area contributed by atoms with Crippen LogP contribution in [0.4, 0.5) is 0 Å². The van der Waals surface area contributed by atoms with Gasteiger partial charge in [-0.15, -0.1) is 10.2 Å². The zero-order valence-corrected chi connectivity index (χ0v) is 13.3. The van der Waals surface area contributed by atoms with E-state index in [4.69, 9.17) is 0 Å². The Morgan fingerprint density at radius 3 is 2.95 bits per heavy atom. The van der Waals surface area contributed by atoms with Gasteiger partial charge in [0.2, 0.25) is 0 Å². The van der Waals surface area contributed by atoms with Crippen molar-refractivity contribution >= 4 is 0 Å². The van der Waals surface area contributed by atoms with Crippen molar-refractivity contribution in [3.8, 4) is 0 Å². The summed E-state index contributed by atoms with van der Waals surface area (Å²) in [6, 6.07) is 0. The third kappa shape index (κ3) is 2.15. The van der Waals surface area contributed by atoms with Gasteiger partial charge in [0.1, 0.15) is 11.6 Å². The smallest absolute Gasteiger partial charge is 0.137 e. The number of rotatable bonds is 3. The van der Waals surface area contributed by atoms with Crippen LogP contribution in [0.5, 0.6) is 0 Å². The Morgan fingerprint density at radius 1 is 1.09 bits per heavy atom. The summed E-state index contributed by atoms with van der Waals surface area (Å²) in [5, 5.41) is 8.96. The summed E-state index contributed by atoms with van der Waals surface area (Å²) < 4.78 is 2.41. The molecule has 0 amide bonds. The summed E-state index contributed by atoms with van der Waals surface area (Å²) in [5.41, 5.74) is 0. The molecule has 1 saturated heterocycles. The number of aromatic nitrogens is 3. The maximum absolute atomic E-state index is 4.54. The number of piperidine rings is 1. The quantitative estimate of drug-likeness (QED) is 0.805. The topological polar surface area (TPSA) is 34.0 Å². The van der Waals surface area contributed by atoms with Gasteiger partial charge in [-0.2, -0.15) is 0 Å². The lowest BCUT2D eigenvalue weighted by Gasteiger charge is -2.35. The van der Waals surface area contributed by atoms with E-state index in [0.717, 1.165) is 30.7 Å². The molecule has 118 valence electrons. The molecule has 0 radical (unpaired) electrons. The SMILES string of the molecule is C1=C[C@@H]2C[C@H]1CC2CN1CCCC(c2nnc3n2CCC3)C1. The van der Waals surface area contributed by atoms with E-state index in [1.165, 1.54) is 63.4 Å². The third-order valence-corrected chi connectivity index (χ3v) is 6.42. The number of nitrogens with zero attached hydrogens (tertiary/aromatic N) is 4. The van der Waals surface area contributed by atoms with Gasteiger partial charge in [0.25, 0.3) is 0 Å². The average Bonchev–Trinajstić information content (AvgIpc) is 3.28. The second kappa shape index (κ2) is 5.19. The predicted octanol–water partition coefficient (Wildman–Crippen LogP) is 2.62. The highest BCUT2D eigenvalue weighted by atomic mass is 15.3. The minimum absolute atomic E-state index is 0.613. The van der Waals surface area contributed by atoms with Gasteiger partial charge in [-0.3, -0.25) is 0 Å². The first-order valence-electron chi connectivity index (χ1n) is 9.19. The van der Waals surface area contributed by atoms with Crippen LogP contribution >= 0.6 is 0 Å². The van der Waals surface area contributed by atoms with E-state index in [1.54, 1.807) is 0 Å². The number of hydrogen-bond donors (Lipinski definition) is 0. The number of allylic oxidation sites excluding steroid dienone is 2. The molecule has 4 aliphatic rings. The Labute approximate surface area is 132 Å². The molecule has 0 N–H and O–H groups in total. The van der Waals surface area contributed by atoms with Gasteiger partial charge in [-0.1, -0.05) is 12.2 Å². The summed E-state index contributed by atoms with van der Waals surface area (Å²) in [7, 11) is 0. The first-order valence-corrected chi connectivity index (χ1v) is 9.19. The van der Waals surface area contributed by atoms with Gasteiger partial charge < -0.3 is 9.47 Å². The normalized spacial score (nSPS) is 37.1. The molecule has 1 saturated carbocycles. The van der Waals surface area contributed by atoms with Gasteiger partial charge in [0, 0.05) is 32.0 Å². The van der Waals surface area contributed by atoms with Gasteiger partial charge in [0.05, 0.1) is 0 Å². The number of aryl methyl sites for hydroxylation is 1. The summed E-state index contributed by atoms with van der Waals surface area (Å²) in [6.45, 7) is 4.94. The molecule has 5 rings (SSSR count). The first kappa shape index (κ1) is 13.3. The van der Waals surface area contributed by atoms with Crippen LogP contribution in [-0.2, 0) is 13.0 Å². The lowest BCUT2D eigenvalue weighted by atomic mass is 9.90. The Kier molecular flexibility index (Phi) is 3.14. The standard InChI is InChI=1S/C18H26N4/c1-3-15(18-20-19-17-4-2-8-22(17)18)11-21(7-1)12-16-10-13-5-6-14(16)9-13/h5-6,13-16H,1-4,7-12H2/t13-,14+,15?,16?/m0/s1. The molecule has 4 atom stereocenters. The summed E-state index contributed by atoms with van der Waals surface area (Å²) >= 11 is 0. The Balaban J connectivity index is 1.27. The van der Waals surface area contributed by atoms with Crippen LogP contribution in [0.25, 0.3) is 0 Å². The first-order chi connectivity index (χ1) is 10.9. The molecule has 3 heterocycles. The van der Waals surface area contributed by atoms with Crippen LogP contribution in [-0.4, -0.2) is 39.3 Å². The summed E-state index contributed by atoms with van der Waals surface area (Å²) in [6.07, 6.45) is 12.8. The van der Waals surface area contributed by atoms with Crippen LogP contribution in [0.3, 0.4) is 0 Å². The fourth-order valence-electron chi connectivity index (χ4n) is 5.34. The van der Waals surface area contributed by atoms with Crippen LogP contribution in [0.1, 0.15) is 49.7 Å². The molecule has 1 aromatic rings. The van der Waals surface area contributed by atoms with Gasteiger partial charge in [-0.05, 0) is 56.4 Å². The molecular formula is C18H26N4. The zero-order valence-electron chi connectivity index (χ0n) is 13.3. The minimum Gasteiger partial charge on any atom is -0.315 e. The molecule has 0 aromatic carbocycles. The second-order valence-electron chi connectivity index (χ2n) is 7.87. The van der Waals surface area contributed by atoms with Gasteiger partial charge in [-0.25, -0.2) is 0 Å². The molecule has 2 bridgehead atoms. The molecule has 1 aromatic heterocycles. The van der Waals surface area contributed by atoms with E-state index in [-0.39, 0.29) is 0 Å². The second-order valence-corrected chi connectivity index (χ2v) is 7.87. The zero-order chi connectivity index (χ0) is 14.5. The number of hydrogen-bond acceptors (Lipinski definition) is 3. The van der Waals surface area contributed by atoms with Gasteiger partial charge in [0.15, 0.2) is 0 Å². The summed E-state index contributed by atoms with van der Waals surface area (Å²) in [5.74, 6) is 5.81. The highest BCUT2D eigenvalue weighted by Gasteiger charge is 2.37. The lowest BCUT2D eigenvalue weighted by molar-refractivity contribution is 0.164. The molecule has 2 aliphatic heterocycles. The van der Waals surface area contributed by atoms with E-state index < -0.39 is 0 Å². The van der Waals surface area contributed by atoms with Crippen molar-refractivity contribution in [1.29, 1.82) is 0 Å². The van der Waals surface area contributed by atoms with E-state index >= 15 is 0 Å². The highest BCUT2D eigenvalue weighted by molar-refractivity contribution is 5.11. The average molecular weight is 298 g/mol. The maximum atomic E-state index is 4.54. The Bertz CT molecular complexity index is 590. The molecule has 2 fully saturated rings. The fourth-order valence-corrected chi connectivity index (χ4v) is 5.34. The largest absolute Gasteiger partial charge is 0.315 e. The molecular weight excluding hydrogens is 272 g/mol. The van der Waals surface area contributed by atoms with E-state index in [0.29, 0.717) is 5.92 Å². The summed E-state index contributed by atoms with van der Waals surface area (Å²) in [4.78, 5) is 2.73. The molecule has 22 heavy (non-hydrogen) atoms. The fraction of sp³-hybridized carbons (Fsp3) is 0.778. The van der Waals surface area contributed by atoms with E-state index in [1.807, 2.05) is 0 Å². The molecule has 2 aliphatic carbocycles.